The molecule has 0 bridgehead atoms. The van der Waals surface area contributed by atoms with Gasteiger partial charge in [0, 0.05) is 12.5 Å². The minimum atomic E-state index is -0.621. The second kappa shape index (κ2) is 13.3. The zero-order valence-corrected chi connectivity index (χ0v) is 17.5. The third-order valence-corrected chi connectivity index (χ3v) is 4.92. The Balaban J connectivity index is 1.90. The number of esters is 1. The van der Waals surface area contributed by atoms with Crippen LogP contribution < -0.4 is 0 Å². The molecule has 2 rings (SSSR count). The minimum absolute atomic E-state index is 0.0148. The average Bonchev–Trinajstić information content (AvgIpc) is 3.42. The van der Waals surface area contributed by atoms with Crippen LogP contribution in [0, 0.1) is 0 Å². The summed E-state index contributed by atoms with van der Waals surface area (Å²) in [6, 6.07) is 0. The van der Waals surface area contributed by atoms with Gasteiger partial charge in [-0.3, -0.25) is 0 Å². The Morgan fingerprint density at radius 1 is 0.900 bits per heavy atom. The molecule has 0 spiro atoms. The van der Waals surface area contributed by atoms with Gasteiger partial charge in [0.2, 0.25) is 0 Å². The van der Waals surface area contributed by atoms with E-state index in [1.807, 2.05) is 19.1 Å². The first kappa shape index (κ1) is 24.3. The molecule has 0 amide bonds. The SMILES string of the molecule is C[C@@H]1CCC[C@@H](O)/C=C/[C@@H]2O[C@@H]2C[C@@H](O)C/C=C\C=C\[C@@H](O)C/C=C/C=C\C(=O)O1. The first-order valence-electron chi connectivity index (χ1n) is 10.7. The molecular formula is C24H34O6. The third-order valence-electron chi connectivity index (χ3n) is 4.92. The van der Waals surface area contributed by atoms with Crippen LogP contribution in [0.2, 0.25) is 0 Å². The van der Waals surface area contributed by atoms with Gasteiger partial charge < -0.3 is 24.8 Å². The fourth-order valence-corrected chi connectivity index (χ4v) is 3.14. The zero-order chi connectivity index (χ0) is 21.8. The van der Waals surface area contributed by atoms with Crippen molar-refractivity contribution >= 4 is 5.97 Å². The van der Waals surface area contributed by atoms with Gasteiger partial charge in [-0.15, -0.1) is 0 Å². The van der Waals surface area contributed by atoms with Crippen molar-refractivity contribution in [3.05, 3.63) is 60.8 Å². The molecule has 2 aliphatic heterocycles. The van der Waals surface area contributed by atoms with Crippen LogP contribution >= 0.6 is 0 Å². The highest BCUT2D eigenvalue weighted by Crippen LogP contribution is 2.28. The van der Waals surface area contributed by atoms with Crippen LogP contribution in [0.3, 0.4) is 0 Å². The summed E-state index contributed by atoms with van der Waals surface area (Å²) in [6.07, 6.45) is 18.6. The molecule has 2 aliphatic rings. The Kier molecular flexibility index (Phi) is 10.8. The lowest BCUT2D eigenvalue weighted by Crippen LogP contribution is -2.14. The topological polar surface area (TPSA) is 99.5 Å². The highest BCUT2D eigenvalue weighted by molar-refractivity contribution is 5.82. The van der Waals surface area contributed by atoms with Crippen molar-refractivity contribution in [3.63, 3.8) is 0 Å². The number of ether oxygens (including phenoxy) is 2. The quantitative estimate of drug-likeness (QED) is 0.318. The lowest BCUT2D eigenvalue weighted by atomic mass is 10.1. The van der Waals surface area contributed by atoms with Crippen molar-refractivity contribution in [3.8, 4) is 0 Å². The molecule has 0 aliphatic carbocycles. The second-order valence-corrected chi connectivity index (χ2v) is 7.80. The predicted octanol–water partition coefficient (Wildman–Crippen LogP) is 2.90. The molecule has 1 fully saturated rings. The van der Waals surface area contributed by atoms with Crippen LogP contribution in [-0.2, 0) is 14.3 Å². The highest BCUT2D eigenvalue weighted by Gasteiger charge is 2.37. The molecule has 2 heterocycles. The van der Waals surface area contributed by atoms with E-state index >= 15 is 0 Å². The number of aliphatic hydroxyl groups excluding tert-OH is 3. The number of fused-ring (bicyclic) bond motifs is 1. The Hall–Kier alpha value is -1.99. The molecule has 0 unspecified atom stereocenters. The maximum absolute atomic E-state index is 11.8. The van der Waals surface area contributed by atoms with E-state index < -0.39 is 24.3 Å². The number of hydrogen-bond acceptors (Lipinski definition) is 6. The molecular weight excluding hydrogens is 384 g/mol. The van der Waals surface area contributed by atoms with E-state index in [4.69, 9.17) is 9.47 Å². The maximum atomic E-state index is 11.8. The standard InChI is InChI=1S/C24H34O6/c1-18-9-8-13-20(26)15-16-22-23(30-22)17-21(27)12-6-2-4-10-19(25)11-5-3-7-14-24(28)29-18/h2-7,10,14-16,18-23,25-27H,8-9,11-13,17H2,1H3/b5-3+,6-2-,10-4+,14-7-,16-15+/t18-,19-,20-,21+,22+,23-/m1/s1. The molecule has 30 heavy (non-hydrogen) atoms. The Bertz CT molecular complexity index is 663. The van der Waals surface area contributed by atoms with E-state index in [1.54, 1.807) is 42.5 Å². The summed E-state index contributed by atoms with van der Waals surface area (Å²) < 4.78 is 10.8. The summed E-state index contributed by atoms with van der Waals surface area (Å²) in [6.45, 7) is 1.83. The van der Waals surface area contributed by atoms with Crippen molar-refractivity contribution < 1.29 is 29.6 Å². The van der Waals surface area contributed by atoms with Crippen molar-refractivity contribution in [2.24, 2.45) is 0 Å². The molecule has 0 aromatic rings. The molecule has 3 N–H and O–H groups in total. The molecule has 0 radical (unpaired) electrons. The summed E-state index contributed by atoms with van der Waals surface area (Å²) >= 11 is 0. The van der Waals surface area contributed by atoms with Gasteiger partial charge in [0.1, 0.15) is 6.10 Å². The summed E-state index contributed by atoms with van der Waals surface area (Å²) in [5, 5.41) is 30.1. The number of epoxide rings is 1. The van der Waals surface area contributed by atoms with Gasteiger partial charge in [0.05, 0.1) is 30.5 Å². The van der Waals surface area contributed by atoms with E-state index in [1.165, 1.54) is 6.08 Å². The number of rotatable bonds is 0. The third kappa shape index (κ3) is 10.7. The Labute approximate surface area is 178 Å². The van der Waals surface area contributed by atoms with Crippen LogP contribution in [0.5, 0.6) is 0 Å². The maximum Gasteiger partial charge on any atom is 0.331 e. The highest BCUT2D eigenvalue weighted by atomic mass is 16.6. The number of hydrogen-bond donors (Lipinski definition) is 3. The van der Waals surface area contributed by atoms with Crippen LogP contribution in [-0.4, -0.2) is 57.9 Å². The van der Waals surface area contributed by atoms with E-state index in [0.29, 0.717) is 32.1 Å². The summed E-state index contributed by atoms with van der Waals surface area (Å²) in [7, 11) is 0. The number of carbonyl (C=O) groups is 1. The fraction of sp³-hybridized carbons (Fsp3) is 0.542. The number of carbonyl (C=O) groups excluding carboxylic acids is 1. The van der Waals surface area contributed by atoms with Crippen LogP contribution in [0.25, 0.3) is 0 Å². The number of allylic oxidation sites excluding steroid dienone is 4. The first-order valence-corrected chi connectivity index (χ1v) is 10.7. The monoisotopic (exact) mass is 418 g/mol. The van der Waals surface area contributed by atoms with Crippen molar-refractivity contribution in [1.82, 2.24) is 0 Å². The minimum Gasteiger partial charge on any atom is -0.460 e. The van der Waals surface area contributed by atoms with E-state index in [0.717, 1.165) is 6.42 Å². The van der Waals surface area contributed by atoms with Crippen molar-refractivity contribution in [2.45, 2.75) is 82.1 Å². The van der Waals surface area contributed by atoms with Crippen molar-refractivity contribution in [2.75, 3.05) is 0 Å². The van der Waals surface area contributed by atoms with Gasteiger partial charge in [-0.25, -0.2) is 4.79 Å². The van der Waals surface area contributed by atoms with Gasteiger partial charge in [0.25, 0.3) is 0 Å². The van der Waals surface area contributed by atoms with Crippen LogP contribution in [0.1, 0.15) is 45.4 Å². The van der Waals surface area contributed by atoms with Gasteiger partial charge in [-0.1, -0.05) is 54.7 Å². The normalized spacial score (nSPS) is 40.1. The lowest BCUT2D eigenvalue weighted by Gasteiger charge is -2.12. The summed E-state index contributed by atoms with van der Waals surface area (Å²) in [5.74, 6) is -0.410. The molecule has 0 aromatic carbocycles. The molecule has 6 nitrogen and oxygen atoms in total. The van der Waals surface area contributed by atoms with E-state index in [-0.39, 0.29) is 18.3 Å². The second-order valence-electron chi connectivity index (χ2n) is 7.80. The zero-order valence-electron chi connectivity index (χ0n) is 17.5. The van der Waals surface area contributed by atoms with Gasteiger partial charge >= 0.3 is 5.97 Å². The van der Waals surface area contributed by atoms with E-state index in [9.17, 15) is 20.1 Å². The number of aliphatic hydroxyl groups is 3. The van der Waals surface area contributed by atoms with Crippen LogP contribution in [0.4, 0.5) is 0 Å². The molecule has 1 saturated heterocycles. The molecule has 166 valence electrons. The molecule has 0 saturated carbocycles. The van der Waals surface area contributed by atoms with Crippen molar-refractivity contribution in [1.29, 1.82) is 0 Å². The van der Waals surface area contributed by atoms with Gasteiger partial charge in [-0.05, 0) is 39.0 Å². The first-order chi connectivity index (χ1) is 14.4. The van der Waals surface area contributed by atoms with Gasteiger partial charge in [0.15, 0.2) is 0 Å². The Morgan fingerprint density at radius 3 is 2.50 bits per heavy atom. The van der Waals surface area contributed by atoms with E-state index in [2.05, 4.69) is 0 Å². The molecule has 0 aromatic heterocycles. The number of cyclic esters (lactones) is 1. The summed E-state index contributed by atoms with van der Waals surface area (Å²) in [4.78, 5) is 11.8. The Morgan fingerprint density at radius 2 is 1.67 bits per heavy atom. The lowest BCUT2D eigenvalue weighted by molar-refractivity contribution is -0.142. The summed E-state index contributed by atoms with van der Waals surface area (Å²) in [5.41, 5.74) is 0. The predicted molar refractivity (Wildman–Crippen MR) is 116 cm³/mol. The molecule has 6 atom stereocenters. The fourth-order valence-electron chi connectivity index (χ4n) is 3.14. The molecule has 6 heteroatoms. The van der Waals surface area contributed by atoms with Gasteiger partial charge in [-0.2, -0.15) is 0 Å². The van der Waals surface area contributed by atoms with Crippen LogP contribution in [0.15, 0.2) is 60.8 Å². The average molecular weight is 419 g/mol. The largest absolute Gasteiger partial charge is 0.460 e. The smallest absolute Gasteiger partial charge is 0.331 e.